The van der Waals surface area contributed by atoms with Crippen molar-refractivity contribution in [2.45, 2.75) is 50.3 Å². The molecule has 0 heterocycles. The molecular weight excluding hydrogens is 218 g/mol. The quantitative estimate of drug-likeness (QED) is 0.877. The summed E-state index contributed by atoms with van der Waals surface area (Å²) in [6, 6.07) is 6.19. The van der Waals surface area contributed by atoms with Crippen molar-refractivity contribution in [2.24, 2.45) is 5.73 Å². The molecule has 0 fully saturated rings. The fourth-order valence-electron chi connectivity index (χ4n) is 1.75. The molecule has 0 bridgehead atoms. The molecule has 0 radical (unpaired) electrons. The monoisotopic (exact) mass is 239 g/mol. The summed E-state index contributed by atoms with van der Waals surface area (Å²) >= 11 is 0. The van der Waals surface area contributed by atoms with E-state index in [9.17, 15) is 4.21 Å². The summed E-state index contributed by atoms with van der Waals surface area (Å²) in [5, 5.41) is 0.112. The molecular formula is C13H21NOS. The van der Waals surface area contributed by atoms with E-state index >= 15 is 0 Å². The zero-order valence-corrected chi connectivity index (χ0v) is 11.3. The standard InChI is InChI=1S/C13H21NOS/c1-9-5-6-10(2)13(7-9)16(15)12(4)8-11(3)14/h5-7,11-12H,8,14H2,1-4H3. The highest BCUT2D eigenvalue weighted by molar-refractivity contribution is 7.85. The first kappa shape index (κ1) is 13.4. The molecule has 0 aromatic heterocycles. The average Bonchev–Trinajstić information content (AvgIpc) is 2.19. The smallest absolute Gasteiger partial charge is 0.0561 e. The van der Waals surface area contributed by atoms with Crippen LogP contribution in [0.25, 0.3) is 0 Å². The second-order valence-electron chi connectivity index (χ2n) is 4.59. The van der Waals surface area contributed by atoms with Crippen LogP contribution in [0.5, 0.6) is 0 Å². The van der Waals surface area contributed by atoms with E-state index in [0.717, 1.165) is 22.4 Å². The minimum absolute atomic E-state index is 0.101. The molecule has 1 aromatic carbocycles. The Kier molecular flexibility index (Phi) is 4.69. The first-order chi connectivity index (χ1) is 7.41. The van der Waals surface area contributed by atoms with Crippen LogP contribution in [0.4, 0.5) is 0 Å². The van der Waals surface area contributed by atoms with Crippen molar-refractivity contribution in [3.8, 4) is 0 Å². The number of benzene rings is 1. The largest absolute Gasteiger partial charge is 0.328 e. The Labute approximate surface area is 101 Å². The van der Waals surface area contributed by atoms with Gasteiger partial charge in [-0.25, -0.2) is 0 Å². The molecule has 2 N–H and O–H groups in total. The summed E-state index contributed by atoms with van der Waals surface area (Å²) < 4.78 is 12.3. The molecule has 0 saturated carbocycles. The van der Waals surface area contributed by atoms with Gasteiger partial charge in [-0.2, -0.15) is 0 Å². The second kappa shape index (κ2) is 5.60. The summed E-state index contributed by atoms with van der Waals surface area (Å²) in [5.74, 6) is 0. The molecule has 0 spiro atoms. The third kappa shape index (κ3) is 3.42. The maximum atomic E-state index is 12.3. The Morgan fingerprint density at radius 3 is 2.50 bits per heavy atom. The van der Waals surface area contributed by atoms with E-state index in [2.05, 4.69) is 0 Å². The molecule has 1 aromatic rings. The van der Waals surface area contributed by atoms with E-state index in [1.807, 2.05) is 45.9 Å². The minimum Gasteiger partial charge on any atom is -0.328 e. The number of hydrogen-bond acceptors (Lipinski definition) is 2. The van der Waals surface area contributed by atoms with Crippen LogP contribution in [0.15, 0.2) is 23.1 Å². The predicted molar refractivity (Wildman–Crippen MR) is 70.1 cm³/mol. The van der Waals surface area contributed by atoms with Gasteiger partial charge in [0.2, 0.25) is 0 Å². The molecule has 90 valence electrons. The topological polar surface area (TPSA) is 43.1 Å². The van der Waals surface area contributed by atoms with Gasteiger partial charge in [0.1, 0.15) is 0 Å². The lowest BCUT2D eigenvalue weighted by molar-refractivity contribution is 0.628. The van der Waals surface area contributed by atoms with Gasteiger partial charge in [-0.15, -0.1) is 0 Å². The van der Waals surface area contributed by atoms with Crippen LogP contribution in [-0.2, 0) is 10.8 Å². The van der Waals surface area contributed by atoms with Gasteiger partial charge < -0.3 is 5.73 Å². The Morgan fingerprint density at radius 2 is 1.94 bits per heavy atom. The van der Waals surface area contributed by atoms with Gasteiger partial charge in [0.15, 0.2) is 0 Å². The molecule has 0 saturated heterocycles. The Balaban J connectivity index is 2.91. The van der Waals surface area contributed by atoms with Crippen molar-refractivity contribution in [2.75, 3.05) is 0 Å². The van der Waals surface area contributed by atoms with Crippen LogP contribution in [0.3, 0.4) is 0 Å². The summed E-state index contributed by atoms with van der Waals surface area (Å²) in [6.07, 6.45) is 0.792. The lowest BCUT2D eigenvalue weighted by Gasteiger charge is -2.15. The average molecular weight is 239 g/mol. The normalized spacial score (nSPS) is 16.8. The molecule has 2 nitrogen and oxygen atoms in total. The maximum absolute atomic E-state index is 12.3. The van der Waals surface area contributed by atoms with E-state index in [0.29, 0.717) is 0 Å². The lowest BCUT2D eigenvalue weighted by Crippen LogP contribution is -2.24. The number of hydrogen-bond donors (Lipinski definition) is 1. The molecule has 16 heavy (non-hydrogen) atoms. The minimum atomic E-state index is -0.951. The Morgan fingerprint density at radius 1 is 1.31 bits per heavy atom. The van der Waals surface area contributed by atoms with Gasteiger partial charge in [-0.3, -0.25) is 4.21 Å². The van der Waals surface area contributed by atoms with E-state index in [4.69, 9.17) is 5.73 Å². The van der Waals surface area contributed by atoms with Crippen LogP contribution < -0.4 is 5.73 Å². The van der Waals surface area contributed by atoms with Crippen LogP contribution >= 0.6 is 0 Å². The first-order valence-corrected chi connectivity index (χ1v) is 6.86. The summed E-state index contributed by atoms with van der Waals surface area (Å²) in [7, 11) is -0.951. The highest BCUT2D eigenvalue weighted by Crippen LogP contribution is 2.19. The highest BCUT2D eigenvalue weighted by Gasteiger charge is 2.16. The summed E-state index contributed by atoms with van der Waals surface area (Å²) in [5.41, 5.74) is 7.99. The summed E-state index contributed by atoms with van der Waals surface area (Å²) in [6.45, 7) is 7.99. The maximum Gasteiger partial charge on any atom is 0.0561 e. The van der Waals surface area contributed by atoms with Crippen LogP contribution in [-0.4, -0.2) is 15.5 Å². The van der Waals surface area contributed by atoms with Crippen molar-refractivity contribution in [1.29, 1.82) is 0 Å². The highest BCUT2D eigenvalue weighted by atomic mass is 32.2. The first-order valence-electron chi connectivity index (χ1n) is 5.65. The Hall–Kier alpha value is -0.670. The van der Waals surface area contributed by atoms with Crippen LogP contribution in [0.2, 0.25) is 0 Å². The zero-order valence-electron chi connectivity index (χ0n) is 10.5. The van der Waals surface area contributed by atoms with E-state index in [1.54, 1.807) is 0 Å². The number of aryl methyl sites for hydroxylation is 2. The molecule has 0 aliphatic heterocycles. The van der Waals surface area contributed by atoms with Crippen LogP contribution in [0.1, 0.15) is 31.4 Å². The third-order valence-corrected chi connectivity index (χ3v) is 4.43. The van der Waals surface area contributed by atoms with Crippen LogP contribution in [0, 0.1) is 13.8 Å². The van der Waals surface area contributed by atoms with E-state index < -0.39 is 10.8 Å². The SMILES string of the molecule is Cc1ccc(C)c(S(=O)C(C)CC(C)N)c1. The van der Waals surface area contributed by atoms with E-state index in [-0.39, 0.29) is 11.3 Å². The van der Waals surface area contributed by atoms with E-state index in [1.165, 1.54) is 0 Å². The Bertz CT molecular complexity index is 388. The van der Waals surface area contributed by atoms with Gasteiger partial charge >= 0.3 is 0 Å². The van der Waals surface area contributed by atoms with Crippen molar-refractivity contribution in [3.05, 3.63) is 29.3 Å². The van der Waals surface area contributed by atoms with Gasteiger partial charge in [-0.05, 0) is 44.4 Å². The fourth-order valence-corrected chi connectivity index (χ4v) is 3.35. The lowest BCUT2D eigenvalue weighted by atomic mass is 10.2. The van der Waals surface area contributed by atoms with Gasteiger partial charge in [0.05, 0.1) is 10.8 Å². The zero-order chi connectivity index (χ0) is 12.3. The van der Waals surface area contributed by atoms with Crippen molar-refractivity contribution in [3.63, 3.8) is 0 Å². The molecule has 0 aliphatic carbocycles. The van der Waals surface area contributed by atoms with Gasteiger partial charge in [-0.1, -0.05) is 19.1 Å². The predicted octanol–water partition coefficient (Wildman–Crippen LogP) is 2.54. The summed E-state index contributed by atoms with van der Waals surface area (Å²) in [4.78, 5) is 0.952. The molecule has 3 heteroatoms. The molecule has 0 amide bonds. The number of rotatable bonds is 4. The van der Waals surface area contributed by atoms with Crippen molar-refractivity contribution < 1.29 is 4.21 Å². The molecule has 1 rings (SSSR count). The van der Waals surface area contributed by atoms with Gasteiger partial charge in [0.25, 0.3) is 0 Å². The number of nitrogens with two attached hydrogens (primary N) is 1. The molecule has 3 unspecified atom stereocenters. The molecule has 3 atom stereocenters. The third-order valence-electron chi connectivity index (χ3n) is 2.63. The van der Waals surface area contributed by atoms with Crippen molar-refractivity contribution in [1.82, 2.24) is 0 Å². The molecule has 0 aliphatic rings. The van der Waals surface area contributed by atoms with Crippen molar-refractivity contribution >= 4 is 10.8 Å². The fraction of sp³-hybridized carbons (Fsp3) is 0.538. The van der Waals surface area contributed by atoms with Gasteiger partial charge in [0, 0.05) is 16.2 Å². The second-order valence-corrected chi connectivity index (χ2v) is 6.43.